The van der Waals surface area contributed by atoms with E-state index in [0.29, 0.717) is 0 Å². The minimum atomic E-state index is -0.0163. The Labute approximate surface area is 115 Å². The van der Waals surface area contributed by atoms with Gasteiger partial charge >= 0.3 is 0 Å². The first-order valence-electron chi connectivity index (χ1n) is 7.36. The Bertz CT molecular complexity index is 464. The molecule has 3 heteroatoms. The fourth-order valence-electron chi connectivity index (χ4n) is 3.36. The first-order valence-corrected chi connectivity index (χ1v) is 7.36. The highest BCUT2D eigenvalue weighted by molar-refractivity contribution is 5.46. The third-order valence-corrected chi connectivity index (χ3v) is 4.76. The Morgan fingerprint density at radius 3 is 2.74 bits per heavy atom. The van der Waals surface area contributed by atoms with Crippen LogP contribution in [0.25, 0.3) is 0 Å². The van der Waals surface area contributed by atoms with E-state index < -0.39 is 0 Å². The molecule has 1 fully saturated rings. The molecule has 0 saturated carbocycles. The van der Waals surface area contributed by atoms with Crippen molar-refractivity contribution in [1.29, 1.82) is 0 Å². The van der Waals surface area contributed by atoms with E-state index in [-0.39, 0.29) is 11.6 Å². The van der Waals surface area contributed by atoms with Gasteiger partial charge in [-0.3, -0.25) is 4.90 Å². The van der Waals surface area contributed by atoms with E-state index >= 15 is 0 Å². The van der Waals surface area contributed by atoms with E-state index in [0.717, 1.165) is 31.9 Å². The highest BCUT2D eigenvalue weighted by Gasteiger charge is 2.37. The lowest BCUT2D eigenvalue weighted by Crippen LogP contribution is -2.50. The Kier molecular flexibility index (Phi) is 3.27. The summed E-state index contributed by atoms with van der Waals surface area (Å²) in [5.74, 6) is 1.04. The number of fused-ring (bicyclic) bond motifs is 1. The largest absolute Gasteiger partial charge is 0.493 e. The van der Waals surface area contributed by atoms with Gasteiger partial charge in [0.2, 0.25) is 0 Å². The Morgan fingerprint density at radius 1 is 1.26 bits per heavy atom. The number of nitrogens with zero attached hydrogens (tertiary/aromatic N) is 1. The van der Waals surface area contributed by atoms with Gasteiger partial charge in [0.15, 0.2) is 0 Å². The van der Waals surface area contributed by atoms with Crippen molar-refractivity contribution < 1.29 is 4.74 Å². The van der Waals surface area contributed by atoms with Crippen LogP contribution in [0.3, 0.4) is 0 Å². The molecule has 0 aliphatic carbocycles. The molecule has 0 aromatic heterocycles. The number of para-hydroxylation sites is 1. The fourth-order valence-corrected chi connectivity index (χ4v) is 3.36. The maximum atomic E-state index is 6.60. The van der Waals surface area contributed by atoms with Gasteiger partial charge in [0, 0.05) is 17.5 Å². The van der Waals surface area contributed by atoms with E-state index in [1.165, 1.54) is 24.0 Å². The summed E-state index contributed by atoms with van der Waals surface area (Å²) in [6, 6.07) is 6.40. The predicted molar refractivity (Wildman–Crippen MR) is 77.5 cm³/mol. The molecule has 3 nitrogen and oxygen atoms in total. The third-order valence-electron chi connectivity index (χ3n) is 4.76. The minimum Gasteiger partial charge on any atom is -0.493 e. The number of ether oxygens (including phenoxy) is 1. The number of rotatable bonds is 3. The zero-order valence-corrected chi connectivity index (χ0v) is 12.0. The number of likely N-dealkylation sites (tertiary alicyclic amines) is 1. The van der Waals surface area contributed by atoms with E-state index in [1.807, 2.05) is 0 Å². The van der Waals surface area contributed by atoms with Crippen LogP contribution in [0.4, 0.5) is 0 Å². The van der Waals surface area contributed by atoms with Crippen molar-refractivity contribution >= 4 is 0 Å². The smallest absolute Gasteiger partial charge is 0.127 e. The lowest BCUT2D eigenvalue weighted by atomic mass is 9.86. The normalized spacial score (nSPS) is 21.2. The molecule has 0 spiro atoms. The average Bonchev–Trinajstić information content (AvgIpc) is 3.07. The molecule has 2 aliphatic heterocycles. The topological polar surface area (TPSA) is 38.5 Å². The van der Waals surface area contributed by atoms with Gasteiger partial charge in [0.05, 0.1) is 12.6 Å². The van der Waals surface area contributed by atoms with Crippen LogP contribution in [0, 0.1) is 0 Å². The van der Waals surface area contributed by atoms with Gasteiger partial charge in [0.1, 0.15) is 5.75 Å². The first-order chi connectivity index (χ1) is 9.10. The third kappa shape index (κ3) is 2.15. The minimum absolute atomic E-state index is 0.00125. The molecule has 0 amide bonds. The lowest BCUT2D eigenvalue weighted by molar-refractivity contribution is 0.122. The number of benzene rings is 1. The highest BCUT2D eigenvalue weighted by Crippen LogP contribution is 2.39. The fraction of sp³-hybridized carbons (Fsp3) is 0.625. The van der Waals surface area contributed by atoms with Gasteiger partial charge in [-0.25, -0.2) is 0 Å². The molecule has 3 rings (SSSR count). The van der Waals surface area contributed by atoms with Gasteiger partial charge in [-0.1, -0.05) is 18.2 Å². The summed E-state index contributed by atoms with van der Waals surface area (Å²) in [5.41, 5.74) is 9.07. The molecule has 1 aromatic rings. The number of hydrogen-bond donors (Lipinski definition) is 1. The Hall–Kier alpha value is -1.06. The van der Waals surface area contributed by atoms with Crippen LogP contribution in [0.1, 0.15) is 43.9 Å². The van der Waals surface area contributed by atoms with Crippen molar-refractivity contribution in [2.24, 2.45) is 5.73 Å². The number of hydrogen-bond acceptors (Lipinski definition) is 3. The molecule has 0 radical (unpaired) electrons. The summed E-state index contributed by atoms with van der Waals surface area (Å²) in [4.78, 5) is 2.52. The van der Waals surface area contributed by atoms with Gasteiger partial charge in [-0.2, -0.15) is 0 Å². The lowest BCUT2D eigenvalue weighted by Gasteiger charge is -2.40. The molecule has 0 bridgehead atoms. The molecule has 19 heavy (non-hydrogen) atoms. The quantitative estimate of drug-likeness (QED) is 0.907. The molecular weight excluding hydrogens is 236 g/mol. The number of nitrogens with two attached hydrogens (primary N) is 1. The zero-order valence-electron chi connectivity index (χ0n) is 12.0. The van der Waals surface area contributed by atoms with Crippen molar-refractivity contribution in [1.82, 2.24) is 4.90 Å². The predicted octanol–water partition coefficient (Wildman–Crippen LogP) is 2.50. The van der Waals surface area contributed by atoms with Gasteiger partial charge < -0.3 is 10.5 Å². The van der Waals surface area contributed by atoms with Crippen LogP contribution in [-0.2, 0) is 6.42 Å². The van der Waals surface area contributed by atoms with E-state index in [2.05, 4.69) is 36.9 Å². The summed E-state index contributed by atoms with van der Waals surface area (Å²) < 4.78 is 5.81. The summed E-state index contributed by atoms with van der Waals surface area (Å²) >= 11 is 0. The second-order valence-electron chi connectivity index (χ2n) is 6.26. The highest BCUT2D eigenvalue weighted by atomic mass is 16.5. The van der Waals surface area contributed by atoms with Gasteiger partial charge in [0.25, 0.3) is 0 Å². The van der Waals surface area contributed by atoms with Crippen LogP contribution in [0.15, 0.2) is 18.2 Å². The van der Waals surface area contributed by atoms with Crippen molar-refractivity contribution in [2.45, 2.75) is 44.7 Å². The standard InChI is InChI=1S/C16H24N2O/c1-16(2,18-9-3-4-10-18)15(17)13-7-5-6-12-8-11-19-14(12)13/h5-7,15H,3-4,8-11,17H2,1-2H3. The van der Waals surface area contributed by atoms with Crippen molar-refractivity contribution in [3.05, 3.63) is 29.3 Å². The molecule has 2 heterocycles. The molecule has 104 valence electrons. The van der Waals surface area contributed by atoms with E-state index in [4.69, 9.17) is 10.5 Å². The van der Waals surface area contributed by atoms with Crippen LogP contribution in [-0.4, -0.2) is 30.1 Å². The summed E-state index contributed by atoms with van der Waals surface area (Å²) in [6.07, 6.45) is 3.60. The monoisotopic (exact) mass is 260 g/mol. The second-order valence-corrected chi connectivity index (χ2v) is 6.26. The van der Waals surface area contributed by atoms with E-state index in [9.17, 15) is 0 Å². The van der Waals surface area contributed by atoms with Crippen LogP contribution < -0.4 is 10.5 Å². The van der Waals surface area contributed by atoms with Crippen LogP contribution in [0.2, 0.25) is 0 Å². The maximum Gasteiger partial charge on any atom is 0.127 e. The molecule has 1 aromatic carbocycles. The maximum absolute atomic E-state index is 6.60. The molecule has 1 unspecified atom stereocenters. The SMILES string of the molecule is CC(C)(C(N)c1cccc2c1OCC2)N1CCCC1. The second kappa shape index (κ2) is 4.80. The molecule has 1 saturated heterocycles. The molecular formula is C16H24N2O. The summed E-state index contributed by atoms with van der Waals surface area (Å²) in [5, 5.41) is 0. The van der Waals surface area contributed by atoms with E-state index in [1.54, 1.807) is 0 Å². The molecule has 2 N–H and O–H groups in total. The molecule has 2 aliphatic rings. The Balaban J connectivity index is 1.91. The first kappa shape index (κ1) is 12.9. The van der Waals surface area contributed by atoms with Crippen molar-refractivity contribution in [2.75, 3.05) is 19.7 Å². The van der Waals surface area contributed by atoms with Gasteiger partial charge in [-0.15, -0.1) is 0 Å². The molecule has 1 atom stereocenters. The van der Waals surface area contributed by atoms with Crippen LogP contribution in [0.5, 0.6) is 5.75 Å². The summed E-state index contributed by atoms with van der Waals surface area (Å²) in [7, 11) is 0. The zero-order chi connectivity index (χ0) is 13.5. The van der Waals surface area contributed by atoms with Gasteiger partial charge in [-0.05, 0) is 45.3 Å². The van der Waals surface area contributed by atoms with Crippen molar-refractivity contribution in [3.8, 4) is 5.75 Å². The summed E-state index contributed by atoms with van der Waals surface area (Å²) in [6.45, 7) is 7.64. The van der Waals surface area contributed by atoms with Crippen molar-refractivity contribution in [3.63, 3.8) is 0 Å². The Morgan fingerprint density at radius 2 is 2.00 bits per heavy atom. The average molecular weight is 260 g/mol. The van der Waals surface area contributed by atoms with Crippen LogP contribution >= 0.6 is 0 Å².